The molecule has 19 heavy (non-hydrogen) atoms. The van der Waals surface area contributed by atoms with E-state index in [1.165, 1.54) is 0 Å². The van der Waals surface area contributed by atoms with Crippen molar-refractivity contribution >= 4 is 0 Å². The Hall–Kier alpha value is -2.01. The molecule has 0 saturated heterocycles. The van der Waals surface area contributed by atoms with Crippen LogP contribution < -0.4 is 15.2 Å². The van der Waals surface area contributed by atoms with Crippen LogP contribution in [0.15, 0.2) is 36.9 Å². The maximum atomic E-state index is 5.80. The van der Waals surface area contributed by atoms with Crippen molar-refractivity contribution in [2.24, 2.45) is 5.73 Å². The molecule has 0 bridgehead atoms. The Morgan fingerprint density at radius 2 is 2.26 bits per heavy atom. The number of imidazole rings is 1. The number of aromatic nitrogens is 2. The van der Waals surface area contributed by atoms with Gasteiger partial charge in [0.2, 0.25) is 0 Å². The Morgan fingerprint density at radius 1 is 1.37 bits per heavy atom. The lowest BCUT2D eigenvalue weighted by Gasteiger charge is -2.12. The van der Waals surface area contributed by atoms with Crippen LogP contribution in [0.1, 0.15) is 5.56 Å². The topological polar surface area (TPSA) is 62.3 Å². The quantitative estimate of drug-likeness (QED) is 0.820. The predicted molar refractivity (Wildman–Crippen MR) is 73.5 cm³/mol. The summed E-state index contributed by atoms with van der Waals surface area (Å²) < 4.78 is 13.0. The molecule has 1 aromatic carbocycles. The molecule has 2 rings (SSSR count). The zero-order chi connectivity index (χ0) is 13.5. The van der Waals surface area contributed by atoms with Gasteiger partial charge in [-0.25, -0.2) is 4.98 Å². The second-order valence-electron chi connectivity index (χ2n) is 4.16. The number of methoxy groups -OCH3 is 1. The van der Waals surface area contributed by atoms with E-state index >= 15 is 0 Å². The Kier molecular flexibility index (Phi) is 4.80. The summed E-state index contributed by atoms with van der Waals surface area (Å²) in [5.41, 5.74) is 6.69. The van der Waals surface area contributed by atoms with Crippen LogP contribution in [0.5, 0.6) is 11.5 Å². The molecule has 2 aromatic rings. The van der Waals surface area contributed by atoms with E-state index in [0.29, 0.717) is 13.2 Å². The van der Waals surface area contributed by atoms with Crippen molar-refractivity contribution in [1.82, 2.24) is 9.55 Å². The average molecular weight is 261 g/mol. The summed E-state index contributed by atoms with van der Waals surface area (Å²) in [6.45, 7) is 1.96. The van der Waals surface area contributed by atoms with Crippen molar-refractivity contribution in [3.8, 4) is 11.5 Å². The molecule has 0 saturated carbocycles. The molecule has 0 aliphatic rings. The number of rotatable bonds is 7. The van der Waals surface area contributed by atoms with E-state index in [1.54, 1.807) is 19.6 Å². The fourth-order valence-corrected chi connectivity index (χ4v) is 1.85. The van der Waals surface area contributed by atoms with Crippen molar-refractivity contribution in [2.75, 3.05) is 20.3 Å². The first-order valence-electron chi connectivity index (χ1n) is 6.29. The summed E-state index contributed by atoms with van der Waals surface area (Å²) in [6.07, 6.45) is 6.22. The molecule has 0 unspecified atom stereocenters. The molecule has 1 heterocycles. The zero-order valence-corrected chi connectivity index (χ0v) is 11.1. The van der Waals surface area contributed by atoms with Crippen molar-refractivity contribution in [2.45, 2.75) is 13.0 Å². The molecule has 0 aliphatic heterocycles. The van der Waals surface area contributed by atoms with Crippen molar-refractivity contribution in [3.05, 3.63) is 42.5 Å². The molecule has 0 aliphatic carbocycles. The summed E-state index contributed by atoms with van der Waals surface area (Å²) in [5.74, 6) is 1.69. The number of nitrogens with zero attached hydrogens (tertiary/aromatic N) is 2. The third-order valence-corrected chi connectivity index (χ3v) is 2.85. The highest BCUT2D eigenvalue weighted by atomic mass is 16.5. The second kappa shape index (κ2) is 6.80. The number of ether oxygens (including phenoxy) is 2. The number of hydrogen-bond acceptors (Lipinski definition) is 4. The van der Waals surface area contributed by atoms with Gasteiger partial charge in [-0.15, -0.1) is 0 Å². The molecule has 5 nitrogen and oxygen atoms in total. The Bertz CT molecular complexity index is 497. The van der Waals surface area contributed by atoms with E-state index in [1.807, 2.05) is 29.0 Å². The molecule has 0 spiro atoms. The van der Waals surface area contributed by atoms with Gasteiger partial charge in [-0.05, 0) is 36.7 Å². The molecule has 0 fully saturated rings. The second-order valence-corrected chi connectivity index (χ2v) is 4.16. The first-order chi connectivity index (χ1) is 9.33. The minimum absolute atomic E-state index is 0.588. The lowest BCUT2D eigenvalue weighted by molar-refractivity contribution is 0.294. The summed E-state index contributed by atoms with van der Waals surface area (Å²) in [5, 5.41) is 0. The first kappa shape index (κ1) is 13.4. The number of hydrogen-bond donors (Lipinski definition) is 1. The molecule has 0 atom stereocenters. The third-order valence-electron chi connectivity index (χ3n) is 2.85. The van der Waals surface area contributed by atoms with E-state index in [9.17, 15) is 0 Å². The van der Waals surface area contributed by atoms with E-state index in [2.05, 4.69) is 4.98 Å². The molecule has 0 amide bonds. The highest BCUT2D eigenvalue weighted by Gasteiger charge is 2.05. The van der Waals surface area contributed by atoms with E-state index in [-0.39, 0.29) is 0 Å². The first-order valence-corrected chi connectivity index (χ1v) is 6.29. The molecule has 2 N–H and O–H groups in total. The molecule has 0 radical (unpaired) electrons. The van der Waals surface area contributed by atoms with Crippen LogP contribution in [0, 0.1) is 0 Å². The highest BCUT2D eigenvalue weighted by molar-refractivity contribution is 5.40. The fraction of sp³-hybridized carbons (Fsp3) is 0.357. The van der Waals surface area contributed by atoms with E-state index in [0.717, 1.165) is 30.0 Å². The van der Waals surface area contributed by atoms with E-state index < -0.39 is 0 Å². The van der Waals surface area contributed by atoms with Gasteiger partial charge in [0.25, 0.3) is 0 Å². The molecular weight excluding hydrogens is 242 g/mol. The average Bonchev–Trinajstić information content (AvgIpc) is 2.94. The van der Waals surface area contributed by atoms with Crippen LogP contribution in [0.25, 0.3) is 0 Å². The van der Waals surface area contributed by atoms with Crippen molar-refractivity contribution in [3.63, 3.8) is 0 Å². The third kappa shape index (κ3) is 3.72. The SMILES string of the molecule is COc1ccc(OCCn2ccnc2)c(CCN)c1. The van der Waals surface area contributed by atoms with Crippen LogP contribution in [0.4, 0.5) is 0 Å². The van der Waals surface area contributed by atoms with Crippen LogP contribution in [-0.4, -0.2) is 29.8 Å². The van der Waals surface area contributed by atoms with Gasteiger partial charge in [0, 0.05) is 12.4 Å². The minimum Gasteiger partial charge on any atom is -0.497 e. The normalized spacial score (nSPS) is 10.4. The lowest BCUT2D eigenvalue weighted by Crippen LogP contribution is -2.09. The van der Waals surface area contributed by atoms with Crippen LogP contribution >= 0.6 is 0 Å². The van der Waals surface area contributed by atoms with Crippen LogP contribution in [-0.2, 0) is 13.0 Å². The fourth-order valence-electron chi connectivity index (χ4n) is 1.85. The van der Waals surface area contributed by atoms with Crippen molar-refractivity contribution in [1.29, 1.82) is 0 Å². The van der Waals surface area contributed by atoms with Gasteiger partial charge in [0.15, 0.2) is 0 Å². The monoisotopic (exact) mass is 261 g/mol. The smallest absolute Gasteiger partial charge is 0.122 e. The Morgan fingerprint density at radius 3 is 2.95 bits per heavy atom. The maximum Gasteiger partial charge on any atom is 0.122 e. The number of benzene rings is 1. The minimum atomic E-state index is 0.588. The molecule has 1 aromatic heterocycles. The van der Waals surface area contributed by atoms with Gasteiger partial charge in [-0.1, -0.05) is 0 Å². The van der Waals surface area contributed by atoms with Gasteiger partial charge < -0.3 is 19.8 Å². The van der Waals surface area contributed by atoms with Gasteiger partial charge in [0.1, 0.15) is 18.1 Å². The zero-order valence-electron chi connectivity index (χ0n) is 11.1. The largest absolute Gasteiger partial charge is 0.497 e. The predicted octanol–water partition coefficient (Wildman–Crippen LogP) is 1.47. The highest BCUT2D eigenvalue weighted by Crippen LogP contribution is 2.24. The van der Waals surface area contributed by atoms with Gasteiger partial charge in [0.05, 0.1) is 20.0 Å². The number of nitrogens with two attached hydrogens (primary N) is 1. The maximum absolute atomic E-state index is 5.80. The van der Waals surface area contributed by atoms with Gasteiger partial charge in [-0.2, -0.15) is 0 Å². The Balaban J connectivity index is 1.98. The molecular formula is C14H19N3O2. The van der Waals surface area contributed by atoms with E-state index in [4.69, 9.17) is 15.2 Å². The standard InChI is InChI=1S/C14H19N3O2/c1-18-13-2-3-14(12(10-13)4-5-15)19-9-8-17-7-6-16-11-17/h2-3,6-7,10-11H,4-5,8-9,15H2,1H3. The lowest BCUT2D eigenvalue weighted by atomic mass is 10.1. The molecule has 102 valence electrons. The summed E-state index contributed by atoms with van der Waals surface area (Å²) in [4.78, 5) is 3.99. The van der Waals surface area contributed by atoms with Gasteiger partial charge in [-0.3, -0.25) is 0 Å². The van der Waals surface area contributed by atoms with Gasteiger partial charge >= 0.3 is 0 Å². The summed E-state index contributed by atoms with van der Waals surface area (Å²) >= 11 is 0. The van der Waals surface area contributed by atoms with Crippen LogP contribution in [0.2, 0.25) is 0 Å². The van der Waals surface area contributed by atoms with Crippen LogP contribution in [0.3, 0.4) is 0 Å². The van der Waals surface area contributed by atoms with Crippen molar-refractivity contribution < 1.29 is 9.47 Å². The summed E-state index contributed by atoms with van der Waals surface area (Å²) in [7, 11) is 1.65. The summed E-state index contributed by atoms with van der Waals surface area (Å²) in [6, 6.07) is 5.80. The Labute approximate surface area is 113 Å². The molecule has 5 heteroatoms.